The Morgan fingerprint density at radius 1 is 1.38 bits per heavy atom. The van der Waals surface area contributed by atoms with Crippen LogP contribution in [0, 0.1) is 5.82 Å². The van der Waals surface area contributed by atoms with Crippen molar-refractivity contribution in [2.75, 3.05) is 30.0 Å². The van der Waals surface area contributed by atoms with Crippen LogP contribution in [-0.2, 0) is 19.4 Å². The van der Waals surface area contributed by atoms with Gasteiger partial charge in [-0.25, -0.2) is 12.8 Å². The molecule has 1 aromatic rings. The normalized spacial score (nSPS) is 16.6. The Morgan fingerprint density at radius 3 is 2.67 bits per heavy atom. The molecule has 1 aliphatic rings. The van der Waals surface area contributed by atoms with E-state index in [2.05, 4.69) is 5.32 Å². The minimum Gasteiger partial charge on any atom is -0.396 e. The van der Waals surface area contributed by atoms with E-state index in [1.807, 2.05) is 0 Å². The summed E-state index contributed by atoms with van der Waals surface area (Å²) in [5, 5.41) is 1.86. The fourth-order valence-electron chi connectivity index (χ4n) is 2.15. The highest BCUT2D eigenvalue weighted by molar-refractivity contribution is 7.92. The second-order valence-corrected chi connectivity index (χ2v) is 7.18. The summed E-state index contributed by atoms with van der Waals surface area (Å²) in [6, 6.07) is 3.68. The van der Waals surface area contributed by atoms with Gasteiger partial charge >= 0.3 is 0 Å². The quantitative estimate of drug-likeness (QED) is 0.806. The third kappa shape index (κ3) is 4.15. The van der Waals surface area contributed by atoms with Crippen LogP contribution in [0.25, 0.3) is 0 Å². The van der Waals surface area contributed by atoms with Gasteiger partial charge in [-0.3, -0.25) is 4.79 Å². The summed E-state index contributed by atoms with van der Waals surface area (Å²) >= 11 is 0. The molecule has 0 spiro atoms. The third-order valence-corrected chi connectivity index (χ3v) is 5.44. The predicted molar refractivity (Wildman–Crippen MR) is 77.1 cm³/mol. The molecule has 1 fully saturated rings. The van der Waals surface area contributed by atoms with E-state index in [0.29, 0.717) is 26.1 Å². The topological polar surface area (TPSA) is 98.5 Å². The van der Waals surface area contributed by atoms with Crippen molar-refractivity contribution in [3.63, 3.8) is 0 Å². The number of amides is 1. The zero-order chi connectivity index (χ0) is 15.5. The average Bonchev–Trinajstić information content (AvgIpc) is 2.43. The van der Waals surface area contributed by atoms with Crippen LogP contribution in [0.2, 0.25) is 0 Å². The van der Waals surface area contributed by atoms with E-state index in [-0.39, 0.29) is 11.4 Å². The van der Waals surface area contributed by atoms with Crippen molar-refractivity contribution in [1.29, 1.82) is 0 Å². The van der Waals surface area contributed by atoms with Gasteiger partial charge in [0.25, 0.3) is 0 Å². The van der Waals surface area contributed by atoms with Crippen LogP contribution < -0.4 is 11.1 Å². The number of carbonyl (C=O) groups excluding carboxylic acids is 1. The average molecular weight is 316 g/mol. The van der Waals surface area contributed by atoms with Crippen molar-refractivity contribution in [3.05, 3.63) is 24.0 Å². The molecule has 0 unspecified atom stereocenters. The zero-order valence-electron chi connectivity index (χ0n) is 11.3. The van der Waals surface area contributed by atoms with E-state index in [1.54, 1.807) is 0 Å². The first-order chi connectivity index (χ1) is 9.88. The summed E-state index contributed by atoms with van der Waals surface area (Å²) in [5.41, 5.74) is 5.54. The van der Waals surface area contributed by atoms with Gasteiger partial charge in [0.2, 0.25) is 5.91 Å². The van der Waals surface area contributed by atoms with Gasteiger partial charge < -0.3 is 15.8 Å². The molecule has 8 heteroatoms. The van der Waals surface area contributed by atoms with Gasteiger partial charge in [-0.1, -0.05) is 0 Å². The Hall–Kier alpha value is -1.67. The highest BCUT2D eigenvalue weighted by atomic mass is 32.2. The second kappa shape index (κ2) is 6.40. The minimum absolute atomic E-state index is 0.111. The second-order valence-electron chi connectivity index (χ2n) is 4.90. The number of sulfone groups is 1. The molecule has 0 aliphatic carbocycles. The van der Waals surface area contributed by atoms with Gasteiger partial charge in [0, 0.05) is 18.9 Å². The molecule has 0 bridgehead atoms. The van der Waals surface area contributed by atoms with Crippen LogP contribution in [0.3, 0.4) is 0 Å². The third-order valence-electron chi connectivity index (χ3n) is 3.29. The summed E-state index contributed by atoms with van der Waals surface area (Å²) in [6.45, 7) is 0.778. The lowest BCUT2D eigenvalue weighted by Crippen LogP contribution is -2.34. The molecule has 3 N–H and O–H groups in total. The molecule has 116 valence electrons. The molecule has 0 radical (unpaired) electrons. The molecule has 0 saturated carbocycles. The van der Waals surface area contributed by atoms with Crippen LogP contribution in [0.15, 0.2) is 18.2 Å². The molecule has 0 atom stereocenters. The lowest BCUT2D eigenvalue weighted by Gasteiger charge is -2.21. The summed E-state index contributed by atoms with van der Waals surface area (Å²) in [7, 11) is -3.52. The SMILES string of the molecule is Nc1cc(NC(=O)CS(=O)(=O)C2CCOCC2)ccc1F. The summed E-state index contributed by atoms with van der Waals surface area (Å²) < 4.78 is 42.3. The number of anilines is 2. The van der Waals surface area contributed by atoms with Crippen LogP contribution in [-0.4, -0.2) is 38.5 Å². The summed E-state index contributed by atoms with van der Waals surface area (Å²) in [5.74, 6) is -1.86. The van der Waals surface area contributed by atoms with Gasteiger partial charge in [-0.15, -0.1) is 0 Å². The van der Waals surface area contributed by atoms with E-state index in [1.165, 1.54) is 12.1 Å². The standard InChI is InChI=1S/C13H17FN2O4S/c14-11-2-1-9(7-12(11)15)16-13(17)8-21(18,19)10-3-5-20-6-4-10/h1-2,7,10H,3-6,8,15H2,(H,16,17). The molecule has 1 amide bonds. The Balaban J connectivity index is 1.98. The van der Waals surface area contributed by atoms with E-state index < -0.39 is 32.6 Å². The van der Waals surface area contributed by atoms with Gasteiger partial charge in [-0.05, 0) is 31.0 Å². The number of nitrogens with two attached hydrogens (primary N) is 1. The molecule has 0 aromatic heterocycles. The van der Waals surface area contributed by atoms with Crippen LogP contribution in [0.5, 0.6) is 0 Å². The van der Waals surface area contributed by atoms with Crippen LogP contribution in [0.1, 0.15) is 12.8 Å². The maximum atomic E-state index is 13.0. The molecule has 1 saturated heterocycles. The summed E-state index contributed by atoms with van der Waals surface area (Å²) in [4.78, 5) is 11.8. The molecule has 6 nitrogen and oxygen atoms in total. The van der Waals surface area contributed by atoms with E-state index in [9.17, 15) is 17.6 Å². The Morgan fingerprint density at radius 2 is 2.05 bits per heavy atom. The molecule has 21 heavy (non-hydrogen) atoms. The molecule has 2 rings (SSSR count). The highest BCUT2D eigenvalue weighted by Crippen LogP contribution is 2.18. The van der Waals surface area contributed by atoms with Crippen LogP contribution in [0.4, 0.5) is 15.8 Å². The van der Waals surface area contributed by atoms with Crippen molar-refractivity contribution >= 4 is 27.1 Å². The largest absolute Gasteiger partial charge is 0.396 e. The zero-order valence-corrected chi connectivity index (χ0v) is 12.2. The number of carbonyl (C=O) groups is 1. The Bertz CT molecular complexity index is 627. The maximum Gasteiger partial charge on any atom is 0.239 e. The van der Waals surface area contributed by atoms with Crippen LogP contribution >= 0.6 is 0 Å². The molecular formula is C13H17FN2O4S. The number of benzene rings is 1. The Kier molecular flexibility index (Phi) is 4.79. The smallest absolute Gasteiger partial charge is 0.239 e. The maximum absolute atomic E-state index is 13.0. The highest BCUT2D eigenvalue weighted by Gasteiger charge is 2.29. The van der Waals surface area contributed by atoms with Gasteiger partial charge in [0.05, 0.1) is 10.9 Å². The molecule has 1 aliphatic heterocycles. The lowest BCUT2D eigenvalue weighted by atomic mass is 10.2. The van der Waals surface area contributed by atoms with E-state index >= 15 is 0 Å². The van der Waals surface area contributed by atoms with Crippen molar-refractivity contribution in [2.45, 2.75) is 18.1 Å². The number of hydrogen-bond donors (Lipinski definition) is 2. The molecule has 1 aromatic carbocycles. The first kappa shape index (κ1) is 15.7. The monoisotopic (exact) mass is 316 g/mol. The van der Waals surface area contributed by atoms with Crippen molar-refractivity contribution in [3.8, 4) is 0 Å². The van der Waals surface area contributed by atoms with Crippen molar-refractivity contribution < 1.29 is 22.3 Å². The fraction of sp³-hybridized carbons (Fsp3) is 0.462. The number of rotatable bonds is 4. The number of ether oxygens (including phenoxy) is 1. The first-order valence-corrected chi connectivity index (χ1v) is 8.24. The van der Waals surface area contributed by atoms with Gasteiger partial charge in [-0.2, -0.15) is 0 Å². The van der Waals surface area contributed by atoms with Crippen molar-refractivity contribution in [1.82, 2.24) is 0 Å². The molecule has 1 heterocycles. The number of nitrogen functional groups attached to an aromatic ring is 1. The minimum atomic E-state index is -3.52. The van der Waals surface area contributed by atoms with Crippen molar-refractivity contribution in [2.24, 2.45) is 0 Å². The molecular weight excluding hydrogens is 299 g/mol. The van der Waals surface area contributed by atoms with E-state index in [4.69, 9.17) is 10.5 Å². The van der Waals surface area contributed by atoms with E-state index in [0.717, 1.165) is 6.07 Å². The number of hydrogen-bond acceptors (Lipinski definition) is 5. The summed E-state index contributed by atoms with van der Waals surface area (Å²) in [6.07, 6.45) is 0.804. The first-order valence-electron chi connectivity index (χ1n) is 6.52. The number of nitrogens with one attached hydrogen (secondary N) is 1. The van der Waals surface area contributed by atoms with Gasteiger partial charge in [0.15, 0.2) is 9.84 Å². The number of halogens is 1. The predicted octanol–water partition coefficient (Wildman–Crippen LogP) is 0.940. The lowest BCUT2D eigenvalue weighted by molar-refractivity contribution is -0.113. The van der Waals surface area contributed by atoms with Gasteiger partial charge in [0.1, 0.15) is 11.6 Å². The Labute approximate surface area is 122 Å². The fourth-order valence-corrected chi connectivity index (χ4v) is 3.74.